The van der Waals surface area contributed by atoms with Crippen LogP contribution in [0.1, 0.15) is 17.0 Å². The minimum absolute atomic E-state index is 0.869. The van der Waals surface area contributed by atoms with Crippen LogP contribution in [-0.4, -0.2) is 9.55 Å². The molecule has 0 unspecified atom stereocenters. The Balaban J connectivity index is 2.24. The molecular weight excluding hydrogens is 184 g/mol. The fraction of sp³-hybridized carbons (Fsp3) is 0.154. The lowest BCUT2D eigenvalue weighted by molar-refractivity contribution is 0.761. The third-order valence-electron chi connectivity index (χ3n) is 2.46. The van der Waals surface area contributed by atoms with Gasteiger partial charge in [-0.05, 0) is 24.1 Å². The summed E-state index contributed by atoms with van der Waals surface area (Å²) < 4.78 is 2.13. The van der Waals surface area contributed by atoms with Crippen LogP contribution >= 0.6 is 0 Å². The molecule has 0 aliphatic rings. The number of aromatic nitrogens is 2. The van der Waals surface area contributed by atoms with Crippen molar-refractivity contribution >= 4 is 6.08 Å². The van der Waals surface area contributed by atoms with E-state index in [1.807, 2.05) is 25.4 Å². The number of imidazole rings is 1. The van der Waals surface area contributed by atoms with Crippen LogP contribution in [0.5, 0.6) is 0 Å². The highest BCUT2D eigenvalue weighted by atomic mass is 15.0. The Hall–Kier alpha value is -1.83. The molecule has 0 aliphatic heterocycles. The summed E-state index contributed by atoms with van der Waals surface area (Å²) in [5, 5.41) is 0. The minimum Gasteiger partial charge on any atom is -0.331 e. The van der Waals surface area contributed by atoms with Crippen molar-refractivity contribution in [2.75, 3.05) is 0 Å². The third kappa shape index (κ3) is 2.15. The quantitative estimate of drug-likeness (QED) is 0.741. The Morgan fingerprint density at radius 1 is 1.47 bits per heavy atom. The minimum atomic E-state index is 0.869. The molecule has 0 atom stereocenters. The molecule has 0 saturated carbocycles. The van der Waals surface area contributed by atoms with Gasteiger partial charge >= 0.3 is 0 Å². The van der Waals surface area contributed by atoms with Gasteiger partial charge in [0.2, 0.25) is 0 Å². The van der Waals surface area contributed by atoms with Crippen molar-refractivity contribution in [2.45, 2.75) is 13.5 Å². The second kappa shape index (κ2) is 4.13. The van der Waals surface area contributed by atoms with Crippen LogP contribution in [0.4, 0.5) is 0 Å². The SMILES string of the molecule is C=Cc1cccc(Cn2ccnc2C)c1. The number of benzene rings is 1. The number of hydrogen-bond donors (Lipinski definition) is 0. The largest absolute Gasteiger partial charge is 0.331 e. The molecule has 2 rings (SSSR count). The highest BCUT2D eigenvalue weighted by Crippen LogP contribution is 2.09. The van der Waals surface area contributed by atoms with Crippen LogP contribution in [0.15, 0.2) is 43.2 Å². The predicted octanol–water partition coefficient (Wildman–Crippen LogP) is 2.88. The molecule has 2 nitrogen and oxygen atoms in total. The van der Waals surface area contributed by atoms with Gasteiger partial charge in [0, 0.05) is 18.9 Å². The average molecular weight is 198 g/mol. The van der Waals surface area contributed by atoms with Crippen molar-refractivity contribution in [3.63, 3.8) is 0 Å². The molecule has 0 bridgehead atoms. The van der Waals surface area contributed by atoms with Crippen molar-refractivity contribution in [1.82, 2.24) is 9.55 Å². The molecule has 0 amide bonds. The summed E-state index contributed by atoms with van der Waals surface area (Å²) in [5.74, 6) is 1.04. The molecule has 1 aromatic heterocycles. The van der Waals surface area contributed by atoms with Crippen molar-refractivity contribution in [3.8, 4) is 0 Å². The fourth-order valence-corrected chi connectivity index (χ4v) is 1.59. The van der Waals surface area contributed by atoms with Crippen molar-refractivity contribution < 1.29 is 0 Å². The molecule has 1 aromatic carbocycles. The molecule has 1 heterocycles. The van der Waals surface area contributed by atoms with E-state index in [2.05, 4.69) is 40.4 Å². The zero-order chi connectivity index (χ0) is 10.7. The molecule has 15 heavy (non-hydrogen) atoms. The van der Waals surface area contributed by atoms with E-state index in [4.69, 9.17) is 0 Å². The zero-order valence-corrected chi connectivity index (χ0v) is 8.85. The summed E-state index contributed by atoms with van der Waals surface area (Å²) in [5.41, 5.74) is 2.43. The van der Waals surface area contributed by atoms with Gasteiger partial charge in [-0.15, -0.1) is 0 Å². The molecule has 0 saturated heterocycles. The van der Waals surface area contributed by atoms with Crippen molar-refractivity contribution in [1.29, 1.82) is 0 Å². The number of aryl methyl sites for hydroxylation is 1. The van der Waals surface area contributed by atoms with Gasteiger partial charge < -0.3 is 4.57 Å². The van der Waals surface area contributed by atoms with Gasteiger partial charge in [-0.1, -0.05) is 30.9 Å². The molecule has 0 spiro atoms. The summed E-state index contributed by atoms with van der Waals surface area (Å²) in [6.45, 7) is 6.65. The van der Waals surface area contributed by atoms with Gasteiger partial charge in [-0.2, -0.15) is 0 Å². The standard InChI is InChI=1S/C13H14N2/c1-3-12-5-4-6-13(9-12)10-15-8-7-14-11(15)2/h3-9H,1,10H2,2H3. The molecule has 0 N–H and O–H groups in total. The highest BCUT2D eigenvalue weighted by molar-refractivity contribution is 5.47. The normalized spacial score (nSPS) is 10.2. The predicted molar refractivity (Wildman–Crippen MR) is 62.6 cm³/mol. The van der Waals surface area contributed by atoms with E-state index in [0.29, 0.717) is 0 Å². The molecule has 2 heteroatoms. The third-order valence-corrected chi connectivity index (χ3v) is 2.46. The monoisotopic (exact) mass is 198 g/mol. The second-order valence-corrected chi connectivity index (χ2v) is 3.55. The van der Waals surface area contributed by atoms with Gasteiger partial charge in [0.15, 0.2) is 0 Å². The second-order valence-electron chi connectivity index (χ2n) is 3.55. The summed E-state index contributed by atoms with van der Waals surface area (Å²) in [6, 6.07) is 8.37. The first kappa shape index (κ1) is 9.71. The number of hydrogen-bond acceptors (Lipinski definition) is 1. The summed E-state index contributed by atoms with van der Waals surface area (Å²) >= 11 is 0. The smallest absolute Gasteiger partial charge is 0.105 e. The van der Waals surface area contributed by atoms with E-state index in [1.54, 1.807) is 0 Å². The number of nitrogens with zero attached hydrogens (tertiary/aromatic N) is 2. The van der Waals surface area contributed by atoms with E-state index in [0.717, 1.165) is 17.9 Å². The summed E-state index contributed by atoms with van der Waals surface area (Å²) in [4.78, 5) is 4.20. The van der Waals surface area contributed by atoms with E-state index in [1.165, 1.54) is 5.56 Å². The molecule has 0 fully saturated rings. The van der Waals surface area contributed by atoms with E-state index < -0.39 is 0 Å². The summed E-state index contributed by atoms with van der Waals surface area (Å²) in [7, 11) is 0. The van der Waals surface area contributed by atoms with E-state index in [-0.39, 0.29) is 0 Å². The Bertz CT molecular complexity index is 469. The topological polar surface area (TPSA) is 17.8 Å². The van der Waals surface area contributed by atoms with Gasteiger partial charge in [0.05, 0.1) is 0 Å². The van der Waals surface area contributed by atoms with Crippen LogP contribution < -0.4 is 0 Å². The highest BCUT2D eigenvalue weighted by Gasteiger charge is 1.98. The first-order valence-corrected chi connectivity index (χ1v) is 4.99. The molecule has 2 aromatic rings. The van der Waals surface area contributed by atoms with Gasteiger partial charge in [0.1, 0.15) is 5.82 Å². The van der Waals surface area contributed by atoms with Crippen LogP contribution in [0, 0.1) is 6.92 Å². The van der Waals surface area contributed by atoms with E-state index in [9.17, 15) is 0 Å². The van der Waals surface area contributed by atoms with Crippen molar-refractivity contribution in [2.24, 2.45) is 0 Å². The van der Waals surface area contributed by atoms with Gasteiger partial charge in [0.25, 0.3) is 0 Å². The molecular formula is C13H14N2. The zero-order valence-electron chi connectivity index (χ0n) is 8.85. The van der Waals surface area contributed by atoms with Crippen LogP contribution in [0.2, 0.25) is 0 Å². The first-order chi connectivity index (χ1) is 7.29. The lowest BCUT2D eigenvalue weighted by atomic mass is 10.1. The summed E-state index contributed by atoms with van der Waals surface area (Å²) in [6.07, 6.45) is 5.69. The molecule has 0 radical (unpaired) electrons. The Morgan fingerprint density at radius 2 is 2.33 bits per heavy atom. The molecule has 0 aliphatic carbocycles. The Labute approximate surface area is 89.9 Å². The Kier molecular flexibility index (Phi) is 2.68. The lowest BCUT2D eigenvalue weighted by Crippen LogP contribution is -2.00. The van der Waals surface area contributed by atoms with Crippen molar-refractivity contribution in [3.05, 3.63) is 60.2 Å². The van der Waals surface area contributed by atoms with Crippen LogP contribution in [-0.2, 0) is 6.54 Å². The fourth-order valence-electron chi connectivity index (χ4n) is 1.59. The van der Waals surface area contributed by atoms with E-state index >= 15 is 0 Å². The Morgan fingerprint density at radius 3 is 3.00 bits per heavy atom. The lowest BCUT2D eigenvalue weighted by Gasteiger charge is -2.05. The number of rotatable bonds is 3. The van der Waals surface area contributed by atoms with Gasteiger partial charge in [-0.3, -0.25) is 0 Å². The maximum Gasteiger partial charge on any atom is 0.105 e. The van der Waals surface area contributed by atoms with Crippen LogP contribution in [0.3, 0.4) is 0 Å². The molecule has 76 valence electrons. The average Bonchev–Trinajstić information content (AvgIpc) is 2.65. The maximum atomic E-state index is 4.20. The van der Waals surface area contributed by atoms with Crippen LogP contribution in [0.25, 0.3) is 6.08 Å². The first-order valence-electron chi connectivity index (χ1n) is 4.99. The van der Waals surface area contributed by atoms with Gasteiger partial charge in [-0.25, -0.2) is 4.98 Å². The maximum absolute atomic E-state index is 4.20.